The van der Waals surface area contributed by atoms with Gasteiger partial charge in [-0.2, -0.15) is 0 Å². The smallest absolute Gasteiger partial charge is 0.255 e. The van der Waals surface area contributed by atoms with Crippen molar-refractivity contribution in [1.82, 2.24) is 0 Å². The quantitative estimate of drug-likeness (QED) is 0.728. The third-order valence-electron chi connectivity index (χ3n) is 5.11. The molecule has 2 fully saturated rings. The van der Waals surface area contributed by atoms with Gasteiger partial charge in [0.2, 0.25) is 0 Å². The summed E-state index contributed by atoms with van der Waals surface area (Å²) in [5, 5.41) is 2.92. The largest absolute Gasteiger partial charge is 0.491 e. The molecular weight excluding hydrogens is 370 g/mol. The van der Waals surface area contributed by atoms with Crippen molar-refractivity contribution in [3.05, 3.63) is 54.1 Å². The van der Waals surface area contributed by atoms with E-state index in [0.29, 0.717) is 36.0 Å². The number of carbonyl (C=O) groups is 1. The Morgan fingerprint density at radius 2 is 1.52 bits per heavy atom. The van der Waals surface area contributed by atoms with Crippen molar-refractivity contribution in [2.45, 2.75) is 37.9 Å². The summed E-state index contributed by atoms with van der Waals surface area (Å²) in [7, 11) is 0. The van der Waals surface area contributed by atoms with Gasteiger partial charge in [0.25, 0.3) is 5.91 Å². The van der Waals surface area contributed by atoms with E-state index in [1.54, 1.807) is 12.1 Å². The fraction of sp³-hybridized carbons (Fsp3) is 0.435. The standard InChI is InChI=1S/C23H27NO5/c25-23(17-5-1-7-19(13-17)28-15-21-9-3-11-26-21)24-18-6-2-8-20(14-18)29-16-22-10-4-12-27-22/h1-2,5-8,13-14,21-22H,3-4,9-12,15-16H2,(H,24,25). The molecule has 2 aliphatic rings. The summed E-state index contributed by atoms with van der Waals surface area (Å²) in [5.74, 6) is 1.19. The van der Waals surface area contributed by atoms with Crippen LogP contribution in [0, 0.1) is 0 Å². The second-order valence-corrected chi connectivity index (χ2v) is 7.40. The molecule has 0 bridgehead atoms. The van der Waals surface area contributed by atoms with Gasteiger partial charge in [0, 0.05) is 30.5 Å². The van der Waals surface area contributed by atoms with Gasteiger partial charge in [-0.25, -0.2) is 0 Å². The number of ether oxygens (including phenoxy) is 4. The molecule has 0 radical (unpaired) electrons. The summed E-state index contributed by atoms with van der Waals surface area (Å²) in [4.78, 5) is 12.7. The van der Waals surface area contributed by atoms with Crippen LogP contribution in [-0.4, -0.2) is 44.5 Å². The molecule has 1 N–H and O–H groups in total. The first-order valence-corrected chi connectivity index (χ1v) is 10.3. The summed E-state index contributed by atoms with van der Waals surface area (Å²) in [6.45, 7) is 2.64. The van der Waals surface area contributed by atoms with Crippen LogP contribution < -0.4 is 14.8 Å². The summed E-state index contributed by atoms with van der Waals surface area (Å²) < 4.78 is 22.8. The van der Waals surface area contributed by atoms with E-state index in [9.17, 15) is 4.79 Å². The Balaban J connectivity index is 1.32. The van der Waals surface area contributed by atoms with E-state index in [4.69, 9.17) is 18.9 Å². The van der Waals surface area contributed by atoms with E-state index in [1.165, 1.54) is 0 Å². The second kappa shape index (κ2) is 9.76. The van der Waals surface area contributed by atoms with Crippen LogP contribution in [0.2, 0.25) is 0 Å². The lowest BCUT2D eigenvalue weighted by molar-refractivity contribution is 0.0679. The van der Waals surface area contributed by atoms with Crippen LogP contribution in [0.15, 0.2) is 48.5 Å². The van der Waals surface area contributed by atoms with Crippen molar-refractivity contribution in [3.8, 4) is 11.5 Å². The molecular formula is C23H27NO5. The average Bonchev–Trinajstić information content (AvgIpc) is 3.45. The van der Waals surface area contributed by atoms with Gasteiger partial charge >= 0.3 is 0 Å². The molecule has 154 valence electrons. The molecule has 2 saturated heterocycles. The van der Waals surface area contributed by atoms with E-state index in [1.807, 2.05) is 36.4 Å². The molecule has 2 aromatic carbocycles. The molecule has 2 aromatic rings. The maximum Gasteiger partial charge on any atom is 0.255 e. The number of carbonyl (C=O) groups excluding carboxylic acids is 1. The van der Waals surface area contributed by atoms with Crippen molar-refractivity contribution in [1.29, 1.82) is 0 Å². The molecule has 0 aromatic heterocycles. The van der Waals surface area contributed by atoms with Crippen LogP contribution in [0.5, 0.6) is 11.5 Å². The predicted molar refractivity (Wildman–Crippen MR) is 110 cm³/mol. The molecule has 2 heterocycles. The highest BCUT2D eigenvalue weighted by Gasteiger charge is 2.17. The SMILES string of the molecule is O=C(Nc1cccc(OCC2CCCO2)c1)c1cccc(OCC2CCCO2)c1. The maximum atomic E-state index is 12.7. The number of nitrogens with one attached hydrogen (secondary N) is 1. The van der Waals surface area contributed by atoms with E-state index < -0.39 is 0 Å². The van der Waals surface area contributed by atoms with Gasteiger partial charge in [-0.1, -0.05) is 12.1 Å². The topological polar surface area (TPSA) is 66.0 Å². The normalized spacial score (nSPS) is 21.1. The lowest BCUT2D eigenvalue weighted by atomic mass is 10.2. The number of rotatable bonds is 8. The van der Waals surface area contributed by atoms with Crippen molar-refractivity contribution in [2.24, 2.45) is 0 Å². The van der Waals surface area contributed by atoms with E-state index >= 15 is 0 Å². The Labute approximate surface area is 171 Å². The molecule has 2 unspecified atom stereocenters. The first kappa shape index (κ1) is 19.7. The lowest BCUT2D eigenvalue weighted by Gasteiger charge is -2.13. The average molecular weight is 397 g/mol. The van der Waals surface area contributed by atoms with Gasteiger partial charge in [-0.05, 0) is 56.0 Å². The first-order chi connectivity index (χ1) is 14.3. The molecule has 6 heteroatoms. The molecule has 2 atom stereocenters. The minimum absolute atomic E-state index is 0.143. The zero-order valence-corrected chi connectivity index (χ0v) is 16.5. The zero-order valence-electron chi connectivity index (χ0n) is 16.5. The molecule has 6 nitrogen and oxygen atoms in total. The molecule has 29 heavy (non-hydrogen) atoms. The molecule has 0 spiro atoms. The van der Waals surface area contributed by atoms with Crippen LogP contribution in [0.4, 0.5) is 5.69 Å². The van der Waals surface area contributed by atoms with E-state index in [2.05, 4.69) is 5.32 Å². The monoisotopic (exact) mass is 397 g/mol. The Bertz CT molecular complexity index is 812. The fourth-order valence-electron chi connectivity index (χ4n) is 3.52. The summed E-state index contributed by atoms with van der Waals surface area (Å²) in [6.07, 6.45) is 4.51. The van der Waals surface area contributed by atoms with Crippen molar-refractivity contribution < 1.29 is 23.7 Å². The Hall–Kier alpha value is -2.57. The Kier molecular flexibility index (Phi) is 6.64. The van der Waals surface area contributed by atoms with Gasteiger partial charge < -0.3 is 24.3 Å². The predicted octanol–water partition coefficient (Wildman–Crippen LogP) is 4.05. The number of benzene rings is 2. The van der Waals surface area contributed by atoms with Gasteiger partial charge in [-0.3, -0.25) is 4.79 Å². The zero-order chi connectivity index (χ0) is 19.9. The fourth-order valence-corrected chi connectivity index (χ4v) is 3.52. The molecule has 1 amide bonds. The van der Waals surface area contributed by atoms with Crippen LogP contribution in [-0.2, 0) is 9.47 Å². The lowest BCUT2D eigenvalue weighted by Crippen LogP contribution is -2.17. The Morgan fingerprint density at radius 3 is 2.14 bits per heavy atom. The maximum absolute atomic E-state index is 12.7. The number of hydrogen-bond donors (Lipinski definition) is 1. The minimum Gasteiger partial charge on any atom is -0.491 e. The first-order valence-electron chi connectivity index (χ1n) is 10.3. The highest BCUT2D eigenvalue weighted by molar-refractivity contribution is 6.04. The highest BCUT2D eigenvalue weighted by Crippen LogP contribution is 2.22. The second-order valence-electron chi connectivity index (χ2n) is 7.40. The van der Waals surface area contributed by atoms with E-state index in [-0.39, 0.29) is 18.1 Å². The third-order valence-corrected chi connectivity index (χ3v) is 5.11. The molecule has 4 rings (SSSR count). The van der Waals surface area contributed by atoms with Crippen LogP contribution >= 0.6 is 0 Å². The van der Waals surface area contributed by atoms with Gasteiger partial charge in [0.15, 0.2) is 0 Å². The van der Waals surface area contributed by atoms with Crippen molar-refractivity contribution >= 4 is 11.6 Å². The summed E-state index contributed by atoms with van der Waals surface area (Å²) >= 11 is 0. The van der Waals surface area contributed by atoms with Crippen LogP contribution in [0.25, 0.3) is 0 Å². The summed E-state index contributed by atoms with van der Waals surface area (Å²) in [6, 6.07) is 14.6. The van der Waals surface area contributed by atoms with Gasteiger partial charge in [-0.15, -0.1) is 0 Å². The molecule has 0 aliphatic carbocycles. The highest BCUT2D eigenvalue weighted by atomic mass is 16.5. The third kappa shape index (κ3) is 5.71. The molecule has 2 aliphatic heterocycles. The number of amides is 1. The van der Waals surface area contributed by atoms with Gasteiger partial charge in [0.1, 0.15) is 24.7 Å². The van der Waals surface area contributed by atoms with Crippen LogP contribution in [0.1, 0.15) is 36.0 Å². The summed E-state index contributed by atoms with van der Waals surface area (Å²) in [5.41, 5.74) is 1.23. The molecule has 0 saturated carbocycles. The van der Waals surface area contributed by atoms with Crippen LogP contribution in [0.3, 0.4) is 0 Å². The van der Waals surface area contributed by atoms with Gasteiger partial charge in [0.05, 0.1) is 12.2 Å². The van der Waals surface area contributed by atoms with Crippen molar-refractivity contribution in [2.75, 3.05) is 31.7 Å². The minimum atomic E-state index is -0.191. The van der Waals surface area contributed by atoms with E-state index in [0.717, 1.165) is 38.9 Å². The van der Waals surface area contributed by atoms with Crippen molar-refractivity contribution in [3.63, 3.8) is 0 Å². The Morgan fingerprint density at radius 1 is 0.897 bits per heavy atom. The number of anilines is 1. The number of hydrogen-bond acceptors (Lipinski definition) is 5.